The monoisotopic (exact) mass is 262 g/mol. The summed E-state index contributed by atoms with van der Waals surface area (Å²) >= 11 is 0. The highest BCUT2D eigenvalue weighted by molar-refractivity contribution is 5.95. The summed E-state index contributed by atoms with van der Waals surface area (Å²) in [6.07, 6.45) is 0.692. The highest BCUT2D eigenvalue weighted by atomic mass is 16.3. The Hall–Kier alpha value is -1.39. The van der Waals surface area contributed by atoms with Gasteiger partial charge in [-0.2, -0.15) is 0 Å². The van der Waals surface area contributed by atoms with Crippen molar-refractivity contribution >= 4 is 5.91 Å². The van der Waals surface area contributed by atoms with Gasteiger partial charge in [0, 0.05) is 19.2 Å². The zero-order valence-electron chi connectivity index (χ0n) is 11.9. The highest BCUT2D eigenvalue weighted by Gasteiger charge is 2.33. The van der Waals surface area contributed by atoms with Crippen LogP contribution in [0.3, 0.4) is 0 Å². The van der Waals surface area contributed by atoms with Gasteiger partial charge in [0.2, 0.25) is 0 Å². The number of carbonyl (C=O) groups is 1. The lowest BCUT2D eigenvalue weighted by atomic mass is 10.0. The molecule has 1 fully saturated rings. The molecule has 2 N–H and O–H groups in total. The Labute approximate surface area is 114 Å². The Morgan fingerprint density at radius 1 is 1.47 bits per heavy atom. The van der Waals surface area contributed by atoms with E-state index in [0.29, 0.717) is 19.5 Å². The molecule has 1 aromatic rings. The lowest BCUT2D eigenvalue weighted by molar-refractivity contribution is 0.0252. The summed E-state index contributed by atoms with van der Waals surface area (Å²) in [7, 11) is 1.75. The van der Waals surface area contributed by atoms with Crippen molar-refractivity contribution < 1.29 is 9.90 Å². The van der Waals surface area contributed by atoms with Crippen molar-refractivity contribution in [2.75, 3.05) is 26.7 Å². The second-order valence-corrected chi connectivity index (χ2v) is 5.63. The first kappa shape index (κ1) is 14.0. The Balaban J connectivity index is 2.12. The van der Waals surface area contributed by atoms with Crippen LogP contribution in [-0.4, -0.2) is 48.2 Å². The van der Waals surface area contributed by atoms with Crippen LogP contribution >= 0.6 is 0 Å². The fraction of sp³-hybridized carbons (Fsp3) is 0.533. The molecule has 1 unspecified atom stereocenters. The molecule has 4 nitrogen and oxygen atoms in total. The van der Waals surface area contributed by atoms with E-state index in [4.69, 9.17) is 0 Å². The van der Waals surface area contributed by atoms with Crippen molar-refractivity contribution in [3.8, 4) is 0 Å². The summed E-state index contributed by atoms with van der Waals surface area (Å²) in [5.74, 6) is -0.0264. The van der Waals surface area contributed by atoms with Crippen molar-refractivity contribution in [3.05, 3.63) is 34.9 Å². The molecule has 1 aliphatic heterocycles. The van der Waals surface area contributed by atoms with E-state index in [2.05, 4.69) is 5.32 Å². The van der Waals surface area contributed by atoms with E-state index in [1.54, 1.807) is 11.9 Å². The van der Waals surface area contributed by atoms with Crippen LogP contribution in [0.25, 0.3) is 0 Å². The van der Waals surface area contributed by atoms with E-state index in [-0.39, 0.29) is 5.91 Å². The number of carbonyl (C=O) groups excluding carboxylic acids is 1. The van der Waals surface area contributed by atoms with E-state index in [1.165, 1.54) is 0 Å². The number of likely N-dealkylation sites (N-methyl/N-ethyl adjacent to an activating group) is 1. The highest BCUT2D eigenvalue weighted by Crippen LogP contribution is 2.18. The number of amides is 1. The Kier molecular flexibility index (Phi) is 3.92. The van der Waals surface area contributed by atoms with Crippen molar-refractivity contribution in [3.63, 3.8) is 0 Å². The molecular weight excluding hydrogens is 240 g/mol. The molecule has 0 radical (unpaired) electrons. The van der Waals surface area contributed by atoms with Gasteiger partial charge < -0.3 is 15.3 Å². The number of nitrogens with zero attached hydrogens (tertiary/aromatic N) is 1. The number of hydrogen-bond acceptors (Lipinski definition) is 3. The van der Waals surface area contributed by atoms with Crippen LogP contribution in [0, 0.1) is 13.8 Å². The van der Waals surface area contributed by atoms with E-state index in [1.807, 2.05) is 32.0 Å². The topological polar surface area (TPSA) is 52.6 Å². The minimum atomic E-state index is -0.790. The van der Waals surface area contributed by atoms with E-state index in [9.17, 15) is 9.90 Å². The fourth-order valence-corrected chi connectivity index (χ4v) is 2.55. The molecule has 0 saturated carbocycles. The summed E-state index contributed by atoms with van der Waals surface area (Å²) < 4.78 is 0. The minimum Gasteiger partial charge on any atom is -0.387 e. The lowest BCUT2D eigenvalue weighted by Crippen LogP contribution is -2.45. The largest absolute Gasteiger partial charge is 0.387 e. The normalized spacial score (nSPS) is 22.5. The molecular formula is C15H22N2O2. The number of rotatable bonds is 3. The first-order chi connectivity index (χ1) is 8.91. The predicted molar refractivity (Wildman–Crippen MR) is 75.3 cm³/mol. The fourth-order valence-electron chi connectivity index (χ4n) is 2.55. The van der Waals surface area contributed by atoms with Crippen LogP contribution in [0.1, 0.15) is 27.9 Å². The smallest absolute Gasteiger partial charge is 0.253 e. The second kappa shape index (κ2) is 5.31. The van der Waals surface area contributed by atoms with Crippen LogP contribution in [0.2, 0.25) is 0 Å². The molecule has 104 valence electrons. The second-order valence-electron chi connectivity index (χ2n) is 5.63. The molecule has 1 aliphatic rings. The average molecular weight is 262 g/mol. The van der Waals surface area contributed by atoms with E-state index < -0.39 is 5.60 Å². The Bertz CT molecular complexity index is 479. The van der Waals surface area contributed by atoms with Crippen LogP contribution < -0.4 is 5.32 Å². The van der Waals surface area contributed by atoms with E-state index >= 15 is 0 Å². The molecule has 0 bridgehead atoms. The number of nitrogens with one attached hydrogen (secondary N) is 1. The average Bonchev–Trinajstić information content (AvgIpc) is 2.78. The van der Waals surface area contributed by atoms with Gasteiger partial charge in [0.1, 0.15) is 0 Å². The van der Waals surface area contributed by atoms with Gasteiger partial charge in [-0.15, -0.1) is 0 Å². The minimum absolute atomic E-state index is 0.0264. The number of aryl methyl sites for hydroxylation is 2. The molecule has 1 saturated heterocycles. The third kappa shape index (κ3) is 3.14. The van der Waals surface area contributed by atoms with Gasteiger partial charge in [0.05, 0.1) is 12.1 Å². The summed E-state index contributed by atoms with van der Waals surface area (Å²) in [4.78, 5) is 14.1. The number of benzene rings is 1. The van der Waals surface area contributed by atoms with Crippen molar-refractivity contribution in [1.82, 2.24) is 10.2 Å². The first-order valence-corrected chi connectivity index (χ1v) is 6.67. The van der Waals surface area contributed by atoms with Crippen LogP contribution in [0.15, 0.2) is 18.2 Å². The SMILES string of the molecule is Cc1ccc(C)c(C(=O)N(C)CC2(O)CCNC2)c1. The summed E-state index contributed by atoms with van der Waals surface area (Å²) in [5, 5.41) is 13.5. The molecule has 1 atom stereocenters. The zero-order valence-corrected chi connectivity index (χ0v) is 11.9. The van der Waals surface area contributed by atoms with Crippen molar-refractivity contribution in [1.29, 1.82) is 0 Å². The quantitative estimate of drug-likeness (QED) is 0.857. The number of aliphatic hydroxyl groups is 1. The van der Waals surface area contributed by atoms with Crippen LogP contribution in [-0.2, 0) is 0 Å². The molecule has 0 aliphatic carbocycles. The van der Waals surface area contributed by atoms with Crippen molar-refractivity contribution in [2.45, 2.75) is 25.9 Å². The van der Waals surface area contributed by atoms with Gasteiger partial charge >= 0.3 is 0 Å². The summed E-state index contributed by atoms with van der Waals surface area (Å²) in [5.41, 5.74) is 1.97. The maximum absolute atomic E-state index is 12.4. The Morgan fingerprint density at radius 3 is 2.84 bits per heavy atom. The molecule has 1 heterocycles. The third-order valence-corrected chi connectivity index (χ3v) is 3.72. The van der Waals surface area contributed by atoms with Gasteiger partial charge in [-0.3, -0.25) is 4.79 Å². The lowest BCUT2D eigenvalue weighted by Gasteiger charge is -2.28. The molecule has 1 amide bonds. The van der Waals surface area contributed by atoms with Gasteiger partial charge in [0.15, 0.2) is 0 Å². The van der Waals surface area contributed by atoms with Gasteiger partial charge in [0.25, 0.3) is 5.91 Å². The maximum Gasteiger partial charge on any atom is 0.253 e. The summed E-state index contributed by atoms with van der Waals surface area (Å²) in [6, 6.07) is 5.87. The number of β-amino-alcohol motifs (C(OH)–C–C–N with tert-alkyl or cyclic N) is 1. The van der Waals surface area contributed by atoms with Crippen LogP contribution in [0.5, 0.6) is 0 Å². The third-order valence-electron chi connectivity index (χ3n) is 3.72. The zero-order chi connectivity index (χ0) is 14.0. The van der Waals surface area contributed by atoms with Crippen molar-refractivity contribution in [2.24, 2.45) is 0 Å². The predicted octanol–water partition coefficient (Wildman–Crippen LogP) is 1.10. The standard InChI is InChI=1S/C15H22N2O2/c1-11-4-5-12(2)13(8-11)14(18)17(3)10-15(19)6-7-16-9-15/h4-5,8,16,19H,6-7,9-10H2,1-3H3. The maximum atomic E-state index is 12.4. The number of hydrogen-bond donors (Lipinski definition) is 2. The van der Waals surface area contributed by atoms with Gasteiger partial charge in [-0.05, 0) is 38.4 Å². The van der Waals surface area contributed by atoms with Gasteiger partial charge in [-0.25, -0.2) is 0 Å². The molecule has 19 heavy (non-hydrogen) atoms. The van der Waals surface area contributed by atoms with Gasteiger partial charge in [-0.1, -0.05) is 17.7 Å². The summed E-state index contributed by atoms with van der Waals surface area (Å²) in [6.45, 7) is 5.64. The Morgan fingerprint density at radius 2 is 2.21 bits per heavy atom. The van der Waals surface area contributed by atoms with Crippen LogP contribution in [0.4, 0.5) is 0 Å². The molecule has 2 rings (SSSR count). The van der Waals surface area contributed by atoms with E-state index in [0.717, 1.165) is 23.2 Å². The molecule has 0 aromatic heterocycles. The first-order valence-electron chi connectivity index (χ1n) is 6.67. The molecule has 0 spiro atoms. The molecule has 1 aromatic carbocycles. The molecule has 4 heteroatoms.